The summed E-state index contributed by atoms with van der Waals surface area (Å²) >= 11 is 0. The molecule has 0 radical (unpaired) electrons. The van der Waals surface area contributed by atoms with Crippen LogP contribution in [0.1, 0.15) is 10.6 Å². The maximum Gasteiger partial charge on any atom is 0.289 e. The van der Waals surface area contributed by atoms with E-state index < -0.39 is 0 Å². The van der Waals surface area contributed by atoms with Gasteiger partial charge in [-0.05, 0) is 23.6 Å². The van der Waals surface area contributed by atoms with E-state index in [0.717, 1.165) is 30.8 Å². The van der Waals surface area contributed by atoms with Gasteiger partial charge in [-0.15, -0.1) is 0 Å². The molecule has 1 saturated heterocycles. The zero-order valence-electron chi connectivity index (χ0n) is 16.8. The van der Waals surface area contributed by atoms with Gasteiger partial charge in [-0.3, -0.25) is 9.69 Å². The second kappa shape index (κ2) is 11.0. The van der Waals surface area contributed by atoms with E-state index in [0.29, 0.717) is 38.7 Å². The molecule has 1 amide bonds. The van der Waals surface area contributed by atoms with E-state index in [2.05, 4.69) is 23.1 Å². The van der Waals surface area contributed by atoms with Crippen LogP contribution < -0.4 is 17.1 Å². The zero-order chi connectivity index (χ0) is 19.9. The molecule has 0 unspecified atom stereocenters. The fourth-order valence-electron chi connectivity index (χ4n) is 3.56. The highest BCUT2D eigenvalue weighted by Gasteiger charge is 2.23. The molecule has 0 saturated carbocycles. The molecule has 1 fully saturated rings. The lowest BCUT2D eigenvalue weighted by atomic mass is 10.1. The van der Waals surface area contributed by atoms with E-state index >= 15 is 0 Å². The number of furan rings is 1. The summed E-state index contributed by atoms with van der Waals surface area (Å²) in [5.74, 6) is 1.27. The number of benzene rings is 2. The van der Waals surface area contributed by atoms with Gasteiger partial charge in [-0.1, -0.05) is 36.4 Å². The first kappa shape index (κ1) is 22.2. The second-order valence-corrected chi connectivity index (χ2v) is 7.05. The number of hydrogen-bond acceptors (Lipinski definition) is 5. The SMILES string of the molecule is O=C(c1ccco1)N1CCN(CCOCCOc2cccc3ccccc23)CC1.[Cl-]. The molecule has 0 bridgehead atoms. The van der Waals surface area contributed by atoms with E-state index in [4.69, 9.17) is 13.9 Å². The minimum Gasteiger partial charge on any atom is -1.00 e. The maximum atomic E-state index is 12.3. The molecule has 0 spiro atoms. The molecule has 30 heavy (non-hydrogen) atoms. The van der Waals surface area contributed by atoms with Crippen molar-refractivity contribution in [2.75, 3.05) is 52.5 Å². The molecule has 0 atom stereocenters. The molecular weight excluding hydrogens is 404 g/mol. The Morgan fingerprint density at radius 3 is 2.50 bits per heavy atom. The third kappa shape index (κ3) is 5.53. The Hall–Kier alpha value is -2.54. The maximum absolute atomic E-state index is 12.3. The van der Waals surface area contributed by atoms with Crippen molar-refractivity contribution in [2.24, 2.45) is 0 Å². The molecule has 2 aromatic carbocycles. The topological polar surface area (TPSA) is 55.2 Å². The highest BCUT2D eigenvalue weighted by Crippen LogP contribution is 2.24. The standard InChI is InChI=1S/C23H26N2O4.ClH/c26-23(22-9-4-15-28-22)25-12-10-24(11-13-25)14-16-27-17-18-29-21-8-3-6-19-5-1-2-7-20(19)21;/h1-9,15H,10-14,16-18H2;1H/p-1. The van der Waals surface area contributed by atoms with Crippen LogP contribution in [-0.2, 0) is 4.74 Å². The van der Waals surface area contributed by atoms with Crippen LogP contribution in [-0.4, -0.2) is 68.3 Å². The predicted molar refractivity (Wildman–Crippen MR) is 111 cm³/mol. The molecule has 6 nitrogen and oxygen atoms in total. The van der Waals surface area contributed by atoms with Gasteiger partial charge in [-0.25, -0.2) is 0 Å². The molecule has 1 aliphatic heterocycles. The van der Waals surface area contributed by atoms with Gasteiger partial charge < -0.3 is 31.2 Å². The van der Waals surface area contributed by atoms with E-state index in [1.165, 1.54) is 11.6 Å². The Labute approximate surface area is 182 Å². The minimum absolute atomic E-state index is 0. The molecular formula is C23H26ClN2O4-. The van der Waals surface area contributed by atoms with E-state index in [1.807, 2.05) is 29.2 Å². The van der Waals surface area contributed by atoms with Crippen molar-refractivity contribution in [1.29, 1.82) is 0 Å². The Kier molecular flexibility index (Phi) is 8.13. The van der Waals surface area contributed by atoms with Gasteiger partial charge in [0.2, 0.25) is 0 Å². The Bertz CT molecular complexity index is 919. The highest BCUT2D eigenvalue weighted by atomic mass is 35.5. The number of amides is 1. The summed E-state index contributed by atoms with van der Waals surface area (Å²) in [6.45, 7) is 5.72. The van der Waals surface area contributed by atoms with Gasteiger partial charge in [-0.2, -0.15) is 0 Å². The second-order valence-electron chi connectivity index (χ2n) is 7.05. The summed E-state index contributed by atoms with van der Waals surface area (Å²) in [4.78, 5) is 16.4. The Balaban J connectivity index is 0.00000256. The highest BCUT2D eigenvalue weighted by molar-refractivity contribution is 5.91. The molecule has 0 N–H and O–H groups in total. The van der Waals surface area contributed by atoms with Gasteiger partial charge in [0.05, 0.1) is 19.5 Å². The summed E-state index contributed by atoms with van der Waals surface area (Å²) < 4.78 is 16.8. The normalized spacial score (nSPS) is 14.5. The van der Waals surface area contributed by atoms with Crippen molar-refractivity contribution in [3.63, 3.8) is 0 Å². The quantitative estimate of drug-likeness (QED) is 0.482. The summed E-state index contributed by atoms with van der Waals surface area (Å²) in [6, 6.07) is 17.7. The number of piperazine rings is 1. The average Bonchev–Trinajstić information content (AvgIpc) is 3.31. The van der Waals surface area contributed by atoms with Crippen molar-refractivity contribution >= 4 is 16.7 Å². The lowest BCUT2D eigenvalue weighted by molar-refractivity contribution is -0.0000181. The van der Waals surface area contributed by atoms with Crippen molar-refractivity contribution in [3.8, 4) is 5.75 Å². The molecule has 160 valence electrons. The summed E-state index contributed by atoms with van der Waals surface area (Å²) in [5, 5.41) is 2.30. The van der Waals surface area contributed by atoms with Crippen LogP contribution in [0.15, 0.2) is 65.3 Å². The van der Waals surface area contributed by atoms with Crippen LogP contribution in [0, 0.1) is 0 Å². The number of carbonyl (C=O) groups excluding carboxylic acids is 1. The first-order valence-corrected chi connectivity index (χ1v) is 10.0. The molecule has 2 heterocycles. The number of fused-ring (bicyclic) bond motifs is 1. The van der Waals surface area contributed by atoms with Crippen molar-refractivity contribution < 1.29 is 31.1 Å². The third-order valence-corrected chi connectivity index (χ3v) is 5.18. The van der Waals surface area contributed by atoms with Gasteiger partial charge in [0.15, 0.2) is 5.76 Å². The van der Waals surface area contributed by atoms with Crippen molar-refractivity contribution in [3.05, 3.63) is 66.6 Å². The molecule has 1 aliphatic rings. The Morgan fingerprint density at radius 1 is 0.900 bits per heavy atom. The van der Waals surface area contributed by atoms with Crippen LogP contribution >= 0.6 is 0 Å². The first-order chi connectivity index (χ1) is 14.3. The van der Waals surface area contributed by atoms with Crippen molar-refractivity contribution in [1.82, 2.24) is 9.80 Å². The smallest absolute Gasteiger partial charge is 0.289 e. The third-order valence-electron chi connectivity index (χ3n) is 5.18. The number of nitrogens with zero attached hydrogens (tertiary/aromatic N) is 2. The first-order valence-electron chi connectivity index (χ1n) is 10.0. The van der Waals surface area contributed by atoms with Gasteiger partial charge >= 0.3 is 0 Å². The van der Waals surface area contributed by atoms with Crippen LogP contribution in [0.4, 0.5) is 0 Å². The Morgan fingerprint density at radius 2 is 1.70 bits per heavy atom. The van der Waals surface area contributed by atoms with Crippen molar-refractivity contribution in [2.45, 2.75) is 0 Å². The van der Waals surface area contributed by atoms with Crippen LogP contribution in [0.25, 0.3) is 10.8 Å². The predicted octanol–water partition coefficient (Wildman–Crippen LogP) is 0.290. The number of rotatable bonds is 8. The summed E-state index contributed by atoms with van der Waals surface area (Å²) in [5.41, 5.74) is 0. The van der Waals surface area contributed by atoms with E-state index in [1.54, 1.807) is 12.1 Å². The minimum atomic E-state index is -0.0310. The average molecular weight is 430 g/mol. The molecule has 4 rings (SSSR count). The monoisotopic (exact) mass is 429 g/mol. The van der Waals surface area contributed by atoms with E-state index in [-0.39, 0.29) is 18.3 Å². The molecule has 7 heteroatoms. The zero-order valence-corrected chi connectivity index (χ0v) is 17.6. The lowest BCUT2D eigenvalue weighted by Gasteiger charge is -2.34. The fourth-order valence-corrected chi connectivity index (χ4v) is 3.56. The largest absolute Gasteiger partial charge is 1.00 e. The van der Waals surface area contributed by atoms with Gasteiger partial charge in [0.25, 0.3) is 5.91 Å². The van der Waals surface area contributed by atoms with Crippen LogP contribution in [0.3, 0.4) is 0 Å². The molecule has 0 aliphatic carbocycles. The lowest BCUT2D eigenvalue weighted by Crippen LogP contribution is -3.00. The van der Waals surface area contributed by atoms with Gasteiger partial charge in [0.1, 0.15) is 12.4 Å². The van der Waals surface area contributed by atoms with Crippen LogP contribution in [0.2, 0.25) is 0 Å². The number of halogens is 1. The fraction of sp³-hybridized carbons (Fsp3) is 0.348. The number of ether oxygens (including phenoxy) is 2. The van der Waals surface area contributed by atoms with E-state index in [9.17, 15) is 4.79 Å². The number of carbonyl (C=O) groups is 1. The molecule has 3 aromatic rings. The molecule has 1 aromatic heterocycles. The van der Waals surface area contributed by atoms with Gasteiger partial charge in [0, 0.05) is 38.1 Å². The van der Waals surface area contributed by atoms with Crippen LogP contribution in [0.5, 0.6) is 5.75 Å². The summed E-state index contributed by atoms with van der Waals surface area (Å²) in [6.07, 6.45) is 1.53. The number of hydrogen-bond donors (Lipinski definition) is 0. The summed E-state index contributed by atoms with van der Waals surface area (Å²) in [7, 11) is 0.